The van der Waals surface area contributed by atoms with Crippen molar-refractivity contribution in [2.75, 3.05) is 10.7 Å². The van der Waals surface area contributed by atoms with E-state index in [9.17, 15) is 0 Å². The van der Waals surface area contributed by atoms with Crippen molar-refractivity contribution in [3.63, 3.8) is 0 Å². The van der Waals surface area contributed by atoms with Crippen LogP contribution in [0.3, 0.4) is 0 Å². The summed E-state index contributed by atoms with van der Waals surface area (Å²) in [5, 5.41) is 11.7. The predicted molar refractivity (Wildman–Crippen MR) is 64.3 cm³/mol. The van der Waals surface area contributed by atoms with Crippen molar-refractivity contribution >= 4 is 17.5 Å². The van der Waals surface area contributed by atoms with Crippen LogP contribution in [-0.4, -0.2) is 9.97 Å². The molecule has 2 aromatic rings. The Labute approximate surface area is 98.1 Å². The first-order valence-corrected chi connectivity index (χ1v) is 4.88. The monoisotopic (exact) mass is 226 g/mol. The van der Waals surface area contributed by atoms with Crippen LogP contribution >= 0.6 is 0 Å². The Hall–Kier alpha value is -2.65. The fourth-order valence-corrected chi connectivity index (χ4v) is 1.27. The van der Waals surface area contributed by atoms with Gasteiger partial charge in [-0.15, -0.1) is 0 Å². The molecular formula is C11H10N6. The van der Waals surface area contributed by atoms with Gasteiger partial charge in [0.15, 0.2) is 0 Å². The highest BCUT2D eigenvalue weighted by Crippen LogP contribution is 2.15. The highest BCUT2D eigenvalue weighted by Gasteiger charge is 1.98. The third-order valence-corrected chi connectivity index (χ3v) is 2.07. The van der Waals surface area contributed by atoms with Crippen LogP contribution < -0.4 is 16.6 Å². The van der Waals surface area contributed by atoms with Crippen LogP contribution in [-0.2, 0) is 0 Å². The normalized spacial score (nSPS) is 9.41. The summed E-state index contributed by atoms with van der Waals surface area (Å²) >= 11 is 0. The Morgan fingerprint density at radius 1 is 1.18 bits per heavy atom. The number of nitrogens with two attached hydrogens (primary N) is 1. The van der Waals surface area contributed by atoms with Gasteiger partial charge in [-0.2, -0.15) is 10.2 Å². The van der Waals surface area contributed by atoms with Crippen LogP contribution in [0.4, 0.5) is 17.5 Å². The maximum absolute atomic E-state index is 8.67. The first-order chi connectivity index (χ1) is 8.31. The average molecular weight is 226 g/mol. The third-order valence-electron chi connectivity index (χ3n) is 2.07. The number of nitrogens with zero attached hydrogens (tertiary/aromatic N) is 3. The lowest BCUT2D eigenvalue weighted by atomic mass is 10.2. The maximum Gasteiger partial charge on any atom is 0.239 e. The van der Waals surface area contributed by atoms with Crippen LogP contribution in [0.2, 0.25) is 0 Å². The second kappa shape index (κ2) is 4.92. The molecule has 2 rings (SSSR count). The number of hydrogen-bond donors (Lipinski definition) is 3. The number of aromatic nitrogens is 2. The zero-order chi connectivity index (χ0) is 12.1. The standard InChI is InChI=1S/C11H10N6/c12-7-8-1-3-9(4-2-8)15-10-5-6-14-11(16-10)17-13/h1-6H,13H2,(H2,14,15,16,17). The van der Waals surface area contributed by atoms with Gasteiger partial charge >= 0.3 is 0 Å². The summed E-state index contributed by atoms with van der Waals surface area (Å²) in [5.74, 6) is 6.17. The molecular weight excluding hydrogens is 216 g/mol. The van der Waals surface area contributed by atoms with Gasteiger partial charge in [-0.3, -0.25) is 5.43 Å². The highest BCUT2D eigenvalue weighted by atomic mass is 15.3. The molecule has 1 aromatic carbocycles. The van der Waals surface area contributed by atoms with E-state index in [1.165, 1.54) is 0 Å². The molecule has 4 N–H and O–H groups in total. The molecule has 0 atom stereocenters. The fraction of sp³-hybridized carbons (Fsp3) is 0. The molecule has 0 spiro atoms. The zero-order valence-electron chi connectivity index (χ0n) is 8.88. The quantitative estimate of drug-likeness (QED) is 0.540. The van der Waals surface area contributed by atoms with E-state index < -0.39 is 0 Å². The summed E-state index contributed by atoms with van der Waals surface area (Å²) in [5.41, 5.74) is 3.82. The van der Waals surface area contributed by atoms with Crippen LogP contribution in [0, 0.1) is 11.3 Å². The minimum atomic E-state index is 0.337. The minimum Gasteiger partial charge on any atom is -0.340 e. The van der Waals surface area contributed by atoms with Gasteiger partial charge in [-0.1, -0.05) is 0 Å². The third kappa shape index (κ3) is 2.68. The van der Waals surface area contributed by atoms with Crippen LogP contribution in [0.5, 0.6) is 0 Å². The number of nitrogens with one attached hydrogen (secondary N) is 2. The van der Waals surface area contributed by atoms with Crippen molar-refractivity contribution in [1.29, 1.82) is 5.26 Å². The molecule has 6 heteroatoms. The number of benzene rings is 1. The van der Waals surface area contributed by atoms with Gasteiger partial charge in [0.25, 0.3) is 0 Å². The van der Waals surface area contributed by atoms with E-state index in [0.29, 0.717) is 17.3 Å². The van der Waals surface area contributed by atoms with E-state index in [4.69, 9.17) is 11.1 Å². The van der Waals surface area contributed by atoms with Gasteiger partial charge in [-0.05, 0) is 30.3 Å². The molecule has 0 fully saturated rings. The number of nitriles is 1. The second-order valence-electron chi connectivity index (χ2n) is 3.22. The van der Waals surface area contributed by atoms with E-state index in [-0.39, 0.29) is 0 Å². The molecule has 0 radical (unpaired) electrons. The lowest BCUT2D eigenvalue weighted by Gasteiger charge is -2.06. The van der Waals surface area contributed by atoms with Crippen LogP contribution in [0.1, 0.15) is 5.56 Å². The van der Waals surface area contributed by atoms with Crippen molar-refractivity contribution in [2.24, 2.45) is 5.84 Å². The lowest BCUT2D eigenvalue weighted by Crippen LogP contribution is -2.10. The molecule has 0 unspecified atom stereocenters. The van der Waals surface area contributed by atoms with E-state index in [1.54, 1.807) is 36.5 Å². The Bertz CT molecular complexity index is 543. The Morgan fingerprint density at radius 2 is 1.94 bits per heavy atom. The molecule has 0 saturated carbocycles. The molecule has 84 valence electrons. The van der Waals surface area contributed by atoms with E-state index >= 15 is 0 Å². The maximum atomic E-state index is 8.67. The number of hydrogen-bond acceptors (Lipinski definition) is 6. The number of rotatable bonds is 3. The minimum absolute atomic E-state index is 0.337. The first-order valence-electron chi connectivity index (χ1n) is 4.88. The molecule has 0 aliphatic carbocycles. The van der Waals surface area contributed by atoms with Crippen LogP contribution in [0.25, 0.3) is 0 Å². The van der Waals surface area contributed by atoms with Crippen molar-refractivity contribution in [1.82, 2.24) is 9.97 Å². The number of anilines is 3. The van der Waals surface area contributed by atoms with E-state index in [1.807, 2.05) is 0 Å². The highest BCUT2D eigenvalue weighted by molar-refractivity contribution is 5.57. The Balaban J connectivity index is 2.16. The number of nitrogen functional groups attached to an aromatic ring is 1. The molecule has 0 saturated heterocycles. The summed E-state index contributed by atoms with van der Waals surface area (Å²) in [7, 11) is 0. The SMILES string of the molecule is N#Cc1ccc(Nc2ccnc(NN)n2)cc1. The Morgan fingerprint density at radius 3 is 2.59 bits per heavy atom. The lowest BCUT2D eigenvalue weighted by molar-refractivity contribution is 1.12. The first kappa shape index (κ1) is 10.9. The van der Waals surface area contributed by atoms with Gasteiger partial charge in [0.2, 0.25) is 5.95 Å². The van der Waals surface area contributed by atoms with E-state index in [0.717, 1.165) is 5.69 Å². The topological polar surface area (TPSA) is 99.7 Å². The molecule has 1 aromatic heterocycles. The van der Waals surface area contributed by atoms with Gasteiger partial charge in [-0.25, -0.2) is 10.8 Å². The molecule has 1 heterocycles. The second-order valence-corrected chi connectivity index (χ2v) is 3.22. The number of hydrazine groups is 1. The summed E-state index contributed by atoms with van der Waals surface area (Å²) < 4.78 is 0. The predicted octanol–water partition coefficient (Wildman–Crippen LogP) is 1.38. The molecule has 0 bridgehead atoms. The van der Waals surface area contributed by atoms with Gasteiger partial charge in [0, 0.05) is 11.9 Å². The van der Waals surface area contributed by atoms with Gasteiger partial charge in [0.1, 0.15) is 5.82 Å². The average Bonchev–Trinajstić information content (AvgIpc) is 2.40. The van der Waals surface area contributed by atoms with Gasteiger partial charge in [0.05, 0.1) is 11.6 Å². The summed E-state index contributed by atoms with van der Waals surface area (Å²) in [6.45, 7) is 0. The van der Waals surface area contributed by atoms with Crippen molar-refractivity contribution in [3.8, 4) is 6.07 Å². The Kier molecular flexibility index (Phi) is 3.14. The zero-order valence-corrected chi connectivity index (χ0v) is 8.88. The summed E-state index contributed by atoms with van der Waals surface area (Å²) in [6.07, 6.45) is 1.59. The van der Waals surface area contributed by atoms with E-state index in [2.05, 4.69) is 26.8 Å². The summed E-state index contributed by atoms with van der Waals surface area (Å²) in [6, 6.07) is 10.8. The largest absolute Gasteiger partial charge is 0.340 e. The summed E-state index contributed by atoms with van der Waals surface area (Å²) in [4.78, 5) is 8.00. The van der Waals surface area contributed by atoms with Crippen LogP contribution in [0.15, 0.2) is 36.5 Å². The van der Waals surface area contributed by atoms with Crippen molar-refractivity contribution < 1.29 is 0 Å². The smallest absolute Gasteiger partial charge is 0.239 e. The molecule has 0 amide bonds. The fourth-order valence-electron chi connectivity index (χ4n) is 1.27. The molecule has 17 heavy (non-hydrogen) atoms. The molecule has 0 aliphatic rings. The van der Waals surface area contributed by atoms with Crippen molar-refractivity contribution in [2.45, 2.75) is 0 Å². The van der Waals surface area contributed by atoms with Crippen molar-refractivity contribution in [3.05, 3.63) is 42.1 Å². The molecule has 6 nitrogen and oxygen atoms in total. The van der Waals surface area contributed by atoms with Gasteiger partial charge < -0.3 is 5.32 Å². The molecule has 0 aliphatic heterocycles.